The Hall–Kier alpha value is -1.10. The Kier molecular flexibility index (Phi) is 13.4. The van der Waals surface area contributed by atoms with Gasteiger partial charge in [-0.05, 0) is 25.7 Å². The topological polar surface area (TPSA) is 61.8 Å². The molecule has 0 aromatic rings. The van der Waals surface area contributed by atoms with Gasteiger partial charge >= 0.3 is 11.9 Å². The Labute approximate surface area is 202 Å². The third kappa shape index (κ3) is 7.97. The summed E-state index contributed by atoms with van der Waals surface area (Å²) in [6, 6.07) is 0. The van der Waals surface area contributed by atoms with Crippen LogP contribution in [0, 0.1) is 10.8 Å². The van der Waals surface area contributed by atoms with E-state index in [0.717, 1.165) is 38.5 Å². The predicted octanol–water partition coefficient (Wildman–Crippen LogP) is 8.54. The molecule has 0 radical (unpaired) electrons. The van der Waals surface area contributed by atoms with E-state index in [9.17, 15) is 9.59 Å². The fraction of sp³-hybridized carbons (Fsp3) is 0.929. The molecule has 1 aliphatic heterocycles. The lowest BCUT2D eigenvalue weighted by molar-refractivity contribution is -0.457. The van der Waals surface area contributed by atoms with Gasteiger partial charge in [-0.3, -0.25) is 9.78 Å². The fourth-order valence-corrected chi connectivity index (χ4v) is 6.22. The number of hydrogen-bond donors (Lipinski definition) is 0. The van der Waals surface area contributed by atoms with Gasteiger partial charge in [-0.15, -0.1) is 0 Å². The quantitative estimate of drug-likeness (QED) is 0.150. The first-order valence-electron chi connectivity index (χ1n) is 14.2. The van der Waals surface area contributed by atoms with Gasteiger partial charge in [0.1, 0.15) is 0 Å². The van der Waals surface area contributed by atoms with Gasteiger partial charge in [0.05, 0.1) is 10.8 Å². The SMILES string of the molecule is CCCCCCCCCCC12CCCCC1(CCCCCCCCCC)C(=O)OOOC2=O. The highest BCUT2D eigenvalue weighted by Crippen LogP contribution is 2.58. The average molecular weight is 467 g/mol. The minimum atomic E-state index is -0.790. The molecular weight excluding hydrogens is 416 g/mol. The first-order chi connectivity index (χ1) is 16.1. The molecule has 5 heteroatoms. The Morgan fingerprint density at radius 1 is 0.545 bits per heavy atom. The molecule has 0 spiro atoms. The van der Waals surface area contributed by atoms with E-state index >= 15 is 0 Å². The minimum Gasteiger partial charge on any atom is -0.259 e. The number of carbonyl (C=O) groups excluding carboxylic acids is 2. The first-order valence-corrected chi connectivity index (χ1v) is 14.2. The number of rotatable bonds is 18. The van der Waals surface area contributed by atoms with Crippen LogP contribution >= 0.6 is 0 Å². The van der Waals surface area contributed by atoms with Crippen molar-refractivity contribution in [3.05, 3.63) is 0 Å². The van der Waals surface area contributed by atoms with Crippen molar-refractivity contribution >= 4 is 11.9 Å². The van der Waals surface area contributed by atoms with Crippen LogP contribution in [0.2, 0.25) is 0 Å². The normalized spacial score (nSPS) is 25.3. The molecule has 0 N–H and O–H groups in total. The lowest BCUT2D eigenvalue weighted by atomic mass is 9.52. The van der Waals surface area contributed by atoms with Crippen molar-refractivity contribution in [2.75, 3.05) is 0 Å². The van der Waals surface area contributed by atoms with Gasteiger partial charge in [-0.25, -0.2) is 9.59 Å². The molecule has 2 rings (SSSR count). The second-order valence-corrected chi connectivity index (χ2v) is 10.6. The minimum absolute atomic E-state index is 0.379. The van der Waals surface area contributed by atoms with Crippen LogP contribution in [0.15, 0.2) is 0 Å². The van der Waals surface area contributed by atoms with Gasteiger partial charge in [0.15, 0.2) is 0 Å². The fourth-order valence-electron chi connectivity index (χ4n) is 6.22. The van der Waals surface area contributed by atoms with E-state index in [-0.39, 0.29) is 11.9 Å². The molecule has 0 aromatic carbocycles. The molecule has 2 unspecified atom stereocenters. The molecule has 1 heterocycles. The zero-order valence-corrected chi connectivity index (χ0v) is 21.6. The summed E-state index contributed by atoms with van der Waals surface area (Å²) in [4.78, 5) is 36.4. The molecule has 0 aromatic heterocycles. The van der Waals surface area contributed by atoms with Crippen molar-refractivity contribution < 1.29 is 24.4 Å². The summed E-state index contributed by atoms with van der Waals surface area (Å²) in [5.74, 6) is -0.758. The zero-order chi connectivity index (χ0) is 23.8. The van der Waals surface area contributed by atoms with E-state index < -0.39 is 10.8 Å². The van der Waals surface area contributed by atoms with Crippen LogP contribution in [0.25, 0.3) is 0 Å². The second-order valence-electron chi connectivity index (χ2n) is 10.6. The Balaban J connectivity index is 1.95. The number of hydrogen-bond acceptors (Lipinski definition) is 5. The highest BCUT2D eigenvalue weighted by Gasteiger charge is 2.64. The smallest absolute Gasteiger partial charge is 0.259 e. The van der Waals surface area contributed by atoms with Crippen molar-refractivity contribution in [3.63, 3.8) is 0 Å². The zero-order valence-electron chi connectivity index (χ0n) is 21.6. The van der Waals surface area contributed by atoms with Crippen LogP contribution in [-0.4, -0.2) is 11.9 Å². The molecule has 192 valence electrons. The number of fused-ring (bicyclic) bond motifs is 1. The number of carbonyl (C=O) groups is 2. The van der Waals surface area contributed by atoms with Gasteiger partial charge in [-0.2, -0.15) is 0 Å². The lowest BCUT2D eigenvalue weighted by Crippen LogP contribution is -2.53. The van der Waals surface area contributed by atoms with E-state index in [1.165, 1.54) is 77.0 Å². The van der Waals surface area contributed by atoms with E-state index in [2.05, 4.69) is 18.9 Å². The highest BCUT2D eigenvalue weighted by atomic mass is 17.5. The van der Waals surface area contributed by atoms with Crippen LogP contribution in [0.4, 0.5) is 0 Å². The monoisotopic (exact) mass is 466 g/mol. The van der Waals surface area contributed by atoms with E-state index in [1.54, 1.807) is 0 Å². The first kappa shape index (κ1) is 28.1. The molecular formula is C28H50O5. The Morgan fingerprint density at radius 2 is 0.879 bits per heavy atom. The van der Waals surface area contributed by atoms with Crippen molar-refractivity contribution in [2.24, 2.45) is 10.8 Å². The van der Waals surface area contributed by atoms with Crippen molar-refractivity contribution in [3.8, 4) is 0 Å². The molecule has 1 aliphatic carbocycles. The van der Waals surface area contributed by atoms with Crippen LogP contribution in [0.5, 0.6) is 0 Å². The summed E-state index contributed by atoms with van der Waals surface area (Å²) in [6.07, 6.45) is 24.1. The van der Waals surface area contributed by atoms with Crippen molar-refractivity contribution in [1.82, 2.24) is 0 Å². The maximum absolute atomic E-state index is 13.2. The maximum atomic E-state index is 13.2. The summed E-state index contributed by atoms with van der Waals surface area (Å²) < 4.78 is 0. The summed E-state index contributed by atoms with van der Waals surface area (Å²) in [7, 11) is 0. The molecule has 1 saturated carbocycles. The number of unbranched alkanes of at least 4 members (excludes halogenated alkanes) is 14. The Morgan fingerprint density at radius 3 is 1.24 bits per heavy atom. The second kappa shape index (κ2) is 15.7. The van der Waals surface area contributed by atoms with Gasteiger partial charge in [0.25, 0.3) is 0 Å². The third-order valence-electron chi connectivity index (χ3n) is 8.29. The predicted molar refractivity (Wildman–Crippen MR) is 131 cm³/mol. The standard InChI is InChI=1S/C28H50O5/c1-3-5-7-9-11-13-15-17-21-27-23-19-20-24-28(27,26(30)32-33-31-25(27)29)22-18-16-14-12-10-8-6-4-2/h3-24H2,1-2H3. The molecule has 1 saturated heterocycles. The highest BCUT2D eigenvalue weighted by molar-refractivity contribution is 5.89. The van der Waals surface area contributed by atoms with Gasteiger partial charge in [-0.1, -0.05) is 129 Å². The summed E-state index contributed by atoms with van der Waals surface area (Å²) in [6.45, 7) is 4.48. The summed E-state index contributed by atoms with van der Waals surface area (Å²) in [5.41, 5.74) is -1.58. The lowest BCUT2D eigenvalue weighted by Gasteiger charge is -2.47. The molecule has 2 aliphatic rings. The van der Waals surface area contributed by atoms with E-state index in [0.29, 0.717) is 25.7 Å². The molecule has 2 atom stereocenters. The van der Waals surface area contributed by atoms with Crippen LogP contribution < -0.4 is 0 Å². The summed E-state index contributed by atoms with van der Waals surface area (Å²) >= 11 is 0. The molecule has 5 nitrogen and oxygen atoms in total. The van der Waals surface area contributed by atoms with E-state index in [4.69, 9.17) is 9.78 Å². The van der Waals surface area contributed by atoms with Gasteiger partial charge in [0.2, 0.25) is 0 Å². The average Bonchev–Trinajstić information content (AvgIpc) is 2.92. The summed E-state index contributed by atoms with van der Waals surface area (Å²) in [5, 5.41) is 4.63. The van der Waals surface area contributed by atoms with Crippen LogP contribution in [0.1, 0.15) is 155 Å². The van der Waals surface area contributed by atoms with Crippen molar-refractivity contribution in [2.45, 2.75) is 155 Å². The molecule has 2 fully saturated rings. The van der Waals surface area contributed by atoms with Gasteiger partial charge in [0, 0.05) is 5.04 Å². The third-order valence-corrected chi connectivity index (χ3v) is 8.29. The van der Waals surface area contributed by atoms with E-state index in [1.807, 2.05) is 0 Å². The van der Waals surface area contributed by atoms with Crippen LogP contribution in [-0.2, 0) is 24.4 Å². The van der Waals surface area contributed by atoms with Crippen LogP contribution in [0.3, 0.4) is 0 Å². The molecule has 0 bridgehead atoms. The molecule has 0 amide bonds. The van der Waals surface area contributed by atoms with Crippen molar-refractivity contribution in [1.29, 1.82) is 0 Å². The Bertz CT molecular complexity index is 514. The molecule has 33 heavy (non-hydrogen) atoms. The maximum Gasteiger partial charge on any atom is 0.353 e. The van der Waals surface area contributed by atoms with Gasteiger partial charge < -0.3 is 0 Å². The largest absolute Gasteiger partial charge is 0.353 e.